The minimum absolute atomic E-state index is 0.0358. The Bertz CT molecular complexity index is 568. The maximum Gasteiger partial charge on any atom is 0.269 e. The predicted molar refractivity (Wildman–Crippen MR) is 76.6 cm³/mol. The molecule has 1 N–H and O–H groups in total. The lowest BCUT2D eigenvalue weighted by molar-refractivity contribution is -0.384. The zero-order valence-electron chi connectivity index (χ0n) is 11.7. The summed E-state index contributed by atoms with van der Waals surface area (Å²) >= 11 is 0. The third kappa shape index (κ3) is 3.18. The van der Waals surface area contributed by atoms with Crippen LogP contribution in [0.3, 0.4) is 0 Å². The summed E-state index contributed by atoms with van der Waals surface area (Å²) in [7, 11) is 0. The standard InChI is InChI=1S/C14H17N3O4/c1-2-10-9-16(8-7-13(10)15-19)14(18)11-3-5-12(6-4-11)17(20)21/h3-6,10,19H,2,7-9H2,1H3/b15-13+. The highest BCUT2D eigenvalue weighted by Crippen LogP contribution is 2.20. The van der Waals surface area contributed by atoms with Crippen LogP contribution in [0.5, 0.6) is 0 Å². The fraction of sp³-hybridized carbons (Fsp3) is 0.429. The van der Waals surface area contributed by atoms with Crippen LogP contribution in [0.1, 0.15) is 30.1 Å². The van der Waals surface area contributed by atoms with Crippen LogP contribution in [0.2, 0.25) is 0 Å². The number of carbonyl (C=O) groups excluding carboxylic acids is 1. The van der Waals surface area contributed by atoms with E-state index in [2.05, 4.69) is 5.16 Å². The summed E-state index contributed by atoms with van der Waals surface area (Å²) in [6.07, 6.45) is 1.34. The normalized spacial score (nSPS) is 20.5. The lowest BCUT2D eigenvalue weighted by atomic mass is 9.93. The summed E-state index contributed by atoms with van der Waals surface area (Å²) in [5, 5.41) is 22.8. The molecule has 1 fully saturated rings. The van der Waals surface area contributed by atoms with Crippen LogP contribution < -0.4 is 0 Å². The maximum atomic E-state index is 12.4. The summed E-state index contributed by atoms with van der Waals surface area (Å²) < 4.78 is 0. The Labute approximate surface area is 122 Å². The lowest BCUT2D eigenvalue weighted by Gasteiger charge is -2.32. The van der Waals surface area contributed by atoms with Gasteiger partial charge in [-0.3, -0.25) is 14.9 Å². The van der Waals surface area contributed by atoms with Gasteiger partial charge >= 0.3 is 0 Å². The van der Waals surface area contributed by atoms with E-state index in [1.807, 2.05) is 6.92 Å². The second-order valence-electron chi connectivity index (χ2n) is 5.00. The molecule has 0 bridgehead atoms. The SMILES string of the molecule is CCC1CN(C(=O)c2ccc([N+](=O)[O-])cc2)CC/C1=N\O. The Kier molecular flexibility index (Phi) is 4.52. The van der Waals surface area contributed by atoms with Gasteiger partial charge < -0.3 is 10.1 Å². The highest BCUT2D eigenvalue weighted by atomic mass is 16.6. The van der Waals surface area contributed by atoms with Crippen molar-refractivity contribution in [2.24, 2.45) is 11.1 Å². The molecule has 0 radical (unpaired) electrons. The van der Waals surface area contributed by atoms with Crippen LogP contribution in [0.25, 0.3) is 0 Å². The molecule has 7 nitrogen and oxygen atoms in total. The second kappa shape index (κ2) is 6.34. The molecule has 21 heavy (non-hydrogen) atoms. The van der Waals surface area contributed by atoms with Gasteiger partial charge in [0.25, 0.3) is 11.6 Å². The molecule has 1 amide bonds. The second-order valence-corrected chi connectivity index (χ2v) is 5.00. The number of amides is 1. The van der Waals surface area contributed by atoms with E-state index in [1.165, 1.54) is 24.3 Å². The maximum absolute atomic E-state index is 12.4. The monoisotopic (exact) mass is 291 g/mol. The van der Waals surface area contributed by atoms with Crippen molar-refractivity contribution in [2.75, 3.05) is 13.1 Å². The Morgan fingerprint density at radius 2 is 2.14 bits per heavy atom. The highest BCUT2D eigenvalue weighted by Gasteiger charge is 2.28. The third-order valence-corrected chi connectivity index (χ3v) is 3.78. The lowest BCUT2D eigenvalue weighted by Crippen LogP contribution is -2.44. The summed E-state index contributed by atoms with van der Waals surface area (Å²) in [4.78, 5) is 24.2. The van der Waals surface area contributed by atoms with Crippen LogP contribution >= 0.6 is 0 Å². The van der Waals surface area contributed by atoms with Crippen molar-refractivity contribution in [2.45, 2.75) is 19.8 Å². The number of oxime groups is 1. The molecule has 0 aromatic heterocycles. The van der Waals surface area contributed by atoms with Gasteiger partial charge in [-0.05, 0) is 18.6 Å². The molecule has 0 spiro atoms. The van der Waals surface area contributed by atoms with Crippen LogP contribution in [-0.2, 0) is 0 Å². The molecule has 1 aromatic carbocycles. The van der Waals surface area contributed by atoms with Gasteiger partial charge in [-0.1, -0.05) is 12.1 Å². The van der Waals surface area contributed by atoms with Gasteiger partial charge in [0.05, 0.1) is 10.6 Å². The Balaban J connectivity index is 2.11. The average Bonchev–Trinajstić information content (AvgIpc) is 2.53. The smallest absolute Gasteiger partial charge is 0.269 e. The summed E-state index contributed by atoms with van der Waals surface area (Å²) in [6, 6.07) is 5.60. The first-order valence-corrected chi connectivity index (χ1v) is 6.81. The zero-order valence-corrected chi connectivity index (χ0v) is 11.7. The van der Waals surface area contributed by atoms with Gasteiger partial charge in [0.1, 0.15) is 0 Å². The largest absolute Gasteiger partial charge is 0.411 e. The van der Waals surface area contributed by atoms with Gasteiger partial charge in [-0.2, -0.15) is 0 Å². The summed E-state index contributed by atoms with van der Waals surface area (Å²) in [5.74, 6) is -0.0916. The first kappa shape index (κ1) is 15.0. The Morgan fingerprint density at radius 3 is 2.67 bits per heavy atom. The average molecular weight is 291 g/mol. The number of nitrogens with zero attached hydrogens (tertiary/aromatic N) is 3. The van der Waals surface area contributed by atoms with Crippen molar-refractivity contribution < 1.29 is 14.9 Å². The molecule has 1 atom stereocenters. The number of likely N-dealkylation sites (tertiary alicyclic amines) is 1. The van der Waals surface area contributed by atoms with Crippen LogP contribution in [0, 0.1) is 16.0 Å². The number of piperidine rings is 1. The number of carbonyl (C=O) groups is 1. The molecule has 1 aliphatic rings. The number of nitro benzene ring substituents is 1. The molecule has 7 heteroatoms. The van der Waals surface area contributed by atoms with Gasteiger partial charge in [0.2, 0.25) is 0 Å². The molecular weight excluding hydrogens is 274 g/mol. The molecule has 1 aliphatic heterocycles. The minimum atomic E-state index is -0.494. The quantitative estimate of drug-likeness (QED) is 0.525. The molecule has 0 saturated carbocycles. The van der Waals surface area contributed by atoms with E-state index < -0.39 is 4.92 Å². The summed E-state index contributed by atoms with van der Waals surface area (Å²) in [6.45, 7) is 2.98. The Morgan fingerprint density at radius 1 is 1.48 bits per heavy atom. The van der Waals surface area contributed by atoms with Crippen molar-refractivity contribution in [1.29, 1.82) is 0 Å². The molecule has 112 valence electrons. The molecule has 1 aromatic rings. The molecule has 1 heterocycles. The van der Waals surface area contributed by atoms with Crippen LogP contribution in [-0.4, -0.2) is 39.7 Å². The number of hydrogen-bond acceptors (Lipinski definition) is 5. The fourth-order valence-corrected chi connectivity index (χ4v) is 2.51. The van der Waals surface area contributed by atoms with E-state index in [4.69, 9.17) is 5.21 Å². The first-order valence-electron chi connectivity index (χ1n) is 6.81. The van der Waals surface area contributed by atoms with E-state index in [0.29, 0.717) is 25.1 Å². The minimum Gasteiger partial charge on any atom is -0.411 e. The van der Waals surface area contributed by atoms with Crippen molar-refractivity contribution in [3.63, 3.8) is 0 Å². The van der Waals surface area contributed by atoms with Gasteiger partial charge in [-0.25, -0.2) is 0 Å². The van der Waals surface area contributed by atoms with E-state index in [1.54, 1.807) is 4.90 Å². The predicted octanol–water partition coefficient (Wildman–Crippen LogP) is 2.30. The van der Waals surface area contributed by atoms with Gasteiger partial charge in [0, 0.05) is 43.1 Å². The van der Waals surface area contributed by atoms with Crippen molar-refractivity contribution in [3.05, 3.63) is 39.9 Å². The summed E-state index contributed by atoms with van der Waals surface area (Å²) in [5.41, 5.74) is 1.12. The van der Waals surface area contributed by atoms with Gasteiger partial charge in [0.15, 0.2) is 0 Å². The molecular formula is C14H17N3O4. The molecule has 0 aliphatic carbocycles. The van der Waals surface area contributed by atoms with E-state index in [0.717, 1.165) is 12.1 Å². The van der Waals surface area contributed by atoms with E-state index in [-0.39, 0.29) is 17.5 Å². The first-order chi connectivity index (χ1) is 10.1. The topological polar surface area (TPSA) is 96.0 Å². The highest BCUT2D eigenvalue weighted by molar-refractivity contribution is 5.96. The number of hydrogen-bond donors (Lipinski definition) is 1. The number of rotatable bonds is 3. The van der Waals surface area contributed by atoms with E-state index in [9.17, 15) is 14.9 Å². The molecule has 1 unspecified atom stereocenters. The van der Waals surface area contributed by atoms with Gasteiger partial charge in [-0.15, -0.1) is 0 Å². The van der Waals surface area contributed by atoms with Crippen molar-refractivity contribution >= 4 is 17.3 Å². The number of non-ortho nitro benzene ring substituents is 1. The van der Waals surface area contributed by atoms with Crippen LogP contribution in [0.15, 0.2) is 29.4 Å². The fourth-order valence-electron chi connectivity index (χ4n) is 2.51. The molecule has 2 rings (SSSR count). The number of benzene rings is 1. The molecule has 1 saturated heterocycles. The van der Waals surface area contributed by atoms with Crippen molar-refractivity contribution in [3.8, 4) is 0 Å². The third-order valence-electron chi connectivity index (χ3n) is 3.78. The zero-order chi connectivity index (χ0) is 15.4. The Hall–Kier alpha value is -2.44. The van der Waals surface area contributed by atoms with E-state index >= 15 is 0 Å². The van der Waals surface area contributed by atoms with Crippen molar-refractivity contribution in [1.82, 2.24) is 4.90 Å². The number of nitro groups is 1. The van der Waals surface area contributed by atoms with Crippen LogP contribution in [0.4, 0.5) is 5.69 Å².